The Morgan fingerprint density at radius 3 is 2.41 bits per heavy atom. The number of sulfonamides is 1. The maximum absolute atomic E-state index is 12.7. The molecule has 0 unspecified atom stereocenters. The smallest absolute Gasteiger partial charge is 0.261 e. The largest absolute Gasteiger partial charge is 0.345 e. The fourth-order valence-electron chi connectivity index (χ4n) is 3.31. The van der Waals surface area contributed by atoms with Crippen molar-refractivity contribution in [1.29, 1.82) is 0 Å². The minimum Gasteiger partial charge on any atom is -0.345 e. The molecule has 156 valence electrons. The lowest BCUT2D eigenvalue weighted by Crippen LogP contribution is -2.30. The summed E-state index contributed by atoms with van der Waals surface area (Å²) >= 11 is 1.41. The molecule has 0 saturated carbocycles. The van der Waals surface area contributed by atoms with Crippen LogP contribution in [0, 0.1) is 6.92 Å². The van der Waals surface area contributed by atoms with E-state index in [1.165, 1.54) is 15.6 Å². The SMILES string of the molecule is CCN(CC)S(=O)(=O)c1ccc([C@H](C)NC(=O)c2cc3c(C)nn(C)c3s2)cc1. The normalized spacial score (nSPS) is 13.2. The summed E-state index contributed by atoms with van der Waals surface area (Å²) in [4.78, 5) is 14.5. The first-order valence-electron chi connectivity index (χ1n) is 9.53. The van der Waals surface area contributed by atoms with Gasteiger partial charge in [-0.05, 0) is 37.6 Å². The number of nitrogens with zero attached hydrogens (tertiary/aromatic N) is 3. The molecule has 9 heteroatoms. The second-order valence-electron chi connectivity index (χ2n) is 6.89. The van der Waals surface area contributed by atoms with Crippen molar-refractivity contribution < 1.29 is 13.2 Å². The van der Waals surface area contributed by atoms with Gasteiger partial charge in [-0.25, -0.2) is 8.42 Å². The number of hydrogen-bond donors (Lipinski definition) is 1. The highest BCUT2D eigenvalue weighted by molar-refractivity contribution is 7.89. The third-order valence-corrected chi connectivity index (χ3v) is 8.26. The molecule has 3 aromatic rings. The highest BCUT2D eigenvalue weighted by Gasteiger charge is 2.22. The molecule has 0 spiro atoms. The molecule has 0 fully saturated rings. The summed E-state index contributed by atoms with van der Waals surface area (Å²) in [6, 6.07) is 8.31. The van der Waals surface area contributed by atoms with Crippen molar-refractivity contribution in [2.24, 2.45) is 7.05 Å². The van der Waals surface area contributed by atoms with E-state index < -0.39 is 10.0 Å². The van der Waals surface area contributed by atoms with Crippen molar-refractivity contribution in [2.45, 2.75) is 38.6 Å². The van der Waals surface area contributed by atoms with Crippen molar-refractivity contribution in [1.82, 2.24) is 19.4 Å². The Hall–Kier alpha value is -2.23. The summed E-state index contributed by atoms with van der Waals surface area (Å²) in [6.45, 7) is 8.30. The molecule has 3 rings (SSSR count). The van der Waals surface area contributed by atoms with Crippen LogP contribution in [0.4, 0.5) is 0 Å². The lowest BCUT2D eigenvalue weighted by atomic mass is 10.1. The van der Waals surface area contributed by atoms with Gasteiger partial charge in [-0.3, -0.25) is 9.48 Å². The van der Waals surface area contributed by atoms with Gasteiger partial charge in [0.15, 0.2) is 0 Å². The van der Waals surface area contributed by atoms with Gasteiger partial charge in [0.2, 0.25) is 10.0 Å². The predicted molar refractivity (Wildman–Crippen MR) is 116 cm³/mol. The molecule has 0 radical (unpaired) electrons. The zero-order valence-corrected chi connectivity index (χ0v) is 18.9. The monoisotopic (exact) mass is 434 g/mol. The molecule has 1 amide bonds. The van der Waals surface area contributed by atoms with Crippen LogP contribution in [0.3, 0.4) is 0 Å². The number of carbonyl (C=O) groups excluding carboxylic acids is 1. The molecule has 2 aromatic heterocycles. The maximum Gasteiger partial charge on any atom is 0.261 e. The van der Waals surface area contributed by atoms with E-state index in [9.17, 15) is 13.2 Å². The quantitative estimate of drug-likeness (QED) is 0.617. The third kappa shape index (κ3) is 4.08. The van der Waals surface area contributed by atoms with Crippen LogP contribution in [0.25, 0.3) is 10.2 Å². The van der Waals surface area contributed by atoms with Crippen molar-refractivity contribution in [2.75, 3.05) is 13.1 Å². The third-order valence-electron chi connectivity index (χ3n) is 4.99. The van der Waals surface area contributed by atoms with Gasteiger partial charge in [-0.1, -0.05) is 26.0 Å². The van der Waals surface area contributed by atoms with Crippen LogP contribution in [0.5, 0.6) is 0 Å². The number of thiophene rings is 1. The number of hydrogen-bond acceptors (Lipinski definition) is 5. The summed E-state index contributed by atoms with van der Waals surface area (Å²) in [5.41, 5.74) is 1.74. The Labute approximate surface area is 175 Å². The molecule has 1 atom stereocenters. The summed E-state index contributed by atoms with van der Waals surface area (Å²) in [5, 5.41) is 8.33. The zero-order chi connectivity index (χ0) is 21.3. The average molecular weight is 435 g/mol. The average Bonchev–Trinajstić information content (AvgIpc) is 3.24. The van der Waals surface area contributed by atoms with Crippen LogP contribution >= 0.6 is 11.3 Å². The van der Waals surface area contributed by atoms with Crippen LogP contribution in [0.1, 0.15) is 47.7 Å². The Kier molecular flexibility index (Phi) is 6.11. The number of fused-ring (bicyclic) bond motifs is 1. The number of nitrogens with one attached hydrogen (secondary N) is 1. The van der Waals surface area contributed by atoms with Crippen molar-refractivity contribution >= 4 is 37.5 Å². The van der Waals surface area contributed by atoms with E-state index >= 15 is 0 Å². The van der Waals surface area contributed by atoms with Gasteiger partial charge in [0, 0.05) is 25.5 Å². The number of benzene rings is 1. The van der Waals surface area contributed by atoms with Crippen molar-refractivity contribution in [3.8, 4) is 0 Å². The zero-order valence-electron chi connectivity index (χ0n) is 17.3. The van der Waals surface area contributed by atoms with Crippen LogP contribution in [0.2, 0.25) is 0 Å². The highest BCUT2D eigenvalue weighted by Crippen LogP contribution is 2.28. The summed E-state index contributed by atoms with van der Waals surface area (Å²) < 4.78 is 28.4. The first kappa shape index (κ1) is 21.5. The molecule has 0 saturated heterocycles. The number of aryl methyl sites for hydroxylation is 2. The van der Waals surface area contributed by atoms with Crippen LogP contribution in [-0.4, -0.2) is 41.5 Å². The summed E-state index contributed by atoms with van der Waals surface area (Å²) in [7, 11) is -1.62. The van der Waals surface area contributed by atoms with E-state index in [-0.39, 0.29) is 16.8 Å². The standard InChI is InChI=1S/C20H26N4O3S2/c1-6-24(7-2)29(26,27)16-10-8-15(9-11-16)13(3)21-19(25)18-12-17-14(4)22-23(5)20(17)28-18/h8-13H,6-7H2,1-5H3,(H,21,25)/t13-/m0/s1. The molecule has 1 aromatic carbocycles. The Bertz CT molecular complexity index is 1090. The molecular weight excluding hydrogens is 408 g/mol. The maximum atomic E-state index is 12.7. The van der Waals surface area contributed by atoms with Crippen LogP contribution < -0.4 is 5.32 Å². The van der Waals surface area contributed by atoms with E-state index in [0.717, 1.165) is 21.5 Å². The Morgan fingerprint density at radius 1 is 1.24 bits per heavy atom. The minimum atomic E-state index is -3.49. The lowest BCUT2D eigenvalue weighted by Gasteiger charge is -2.19. The fraction of sp³-hybridized carbons (Fsp3) is 0.400. The van der Waals surface area contributed by atoms with Crippen molar-refractivity contribution in [3.05, 3.63) is 46.5 Å². The second kappa shape index (κ2) is 8.25. The van der Waals surface area contributed by atoms with E-state index in [2.05, 4.69) is 10.4 Å². The summed E-state index contributed by atoms with van der Waals surface area (Å²) in [5.74, 6) is -0.155. The number of aromatic nitrogens is 2. The highest BCUT2D eigenvalue weighted by atomic mass is 32.2. The molecule has 0 aliphatic rings. The van der Waals surface area contributed by atoms with E-state index in [0.29, 0.717) is 18.0 Å². The van der Waals surface area contributed by atoms with Crippen LogP contribution in [-0.2, 0) is 17.1 Å². The van der Waals surface area contributed by atoms with Gasteiger partial charge in [0.1, 0.15) is 4.83 Å². The number of amides is 1. The van der Waals surface area contributed by atoms with Gasteiger partial charge < -0.3 is 5.32 Å². The van der Waals surface area contributed by atoms with Gasteiger partial charge >= 0.3 is 0 Å². The first-order valence-corrected chi connectivity index (χ1v) is 11.8. The molecule has 29 heavy (non-hydrogen) atoms. The Balaban J connectivity index is 1.75. The Morgan fingerprint density at radius 2 is 1.86 bits per heavy atom. The first-order chi connectivity index (χ1) is 13.7. The molecule has 0 aliphatic heterocycles. The minimum absolute atomic E-state index is 0.155. The summed E-state index contributed by atoms with van der Waals surface area (Å²) in [6.07, 6.45) is 0. The molecule has 0 aliphatic carbocycles. The van der Waals surface area contributed by atoms with Gasteiger partial charge in [0.05, 0.1) is 21.5 Å². The topological polar surface area (TPSA) is 84.3 Å². The predicted octanol–water partition coefficient (Wildman–Crippen LogP) is 3.46. The van der Waals surface area contributed by atoms with E-state index in [1.54, 1.807) is 28.9 Å². The molecule has 2 heterocycles. The number of carbonyl (C=O) groups is 1. The van der Waals surface area contributed by atoms with Gasteiger partial charge in [0.25, 0.3) is 5.91 Å². The molecule has 0 bridgehead atoms. The molecular formula is C20H26N4O3S2. The number of rotatable bonds is 7. The molecule has 1 N–H and O–H groups in total. The van der Waals surface area contributed by atoms with Crippen LogP contribution in [0.15, 0.2) is 35.2 Å². The lowest BCUT2D eigenvalue weighted by molar-refractivity contribution is 0.0944. The van der Waals surface area contributed by atoms with Gasteiger partial charge in [-0.15, -0.1) is 11.3 Å². The molecule has 7 nitrogen and oxygen atoms in total. The van der Waals surface area contributed by atoms with Crippen molar-refractivity contribution in [3.63, 3.8) is 0 Å². The van der Waals surface area contributed by atoms with E-state index in [1.807, 2.05) is 40.8 Å². The fourth-order valence-corrected chi connectivity index (χ4v) is 5.79. The van der Waals surface area contributed by atoms with Gasteiger partial charge in [-0.2, -0.15) is 9.40 Å². The van der Waals surface area contributed by atoms with E-state index in [4.69, 9.17) is 0 Å². The second-order valence-corrected chi connectivity index (χ2v) is 9.86.